The van der Waals surface area contributed by atoms with E-state index in [9.17, 15) is 0 Å². The summed E-state index contributed by atoms with van der Waals surface area (Å²) in [4.78, 5) is 0. The van der Waals surface area contributed by atoms with E-state index in [1.165, 1.54) is 18.1 Å². The number of hydrogen-bond donors (Lipinski definition) is 1. The highest BCUT2D eigenvalue weighted by atomic mass is 35.5. The first kappa shape index (κ1) is 14.0. The minimum atomic E-state index is -1.04. The molecule has 0 aromatic heterocycles. The van der Waals surface area contributed by atoms with Gasteiger partial charge in [0.2, 0.25) is 0 Å². The topological polar surface area (TPSA) is 30.5 Å². The van der Waals surface area contributed by atoms with Gasteiger partial charge in [0.15, 0.2) is 0 Å². The predicted octanol–water partition coefficient (Wildman–Crippen LogP) is 4.16. The van der Waals surface area contributed by atoms with Gasteiger partial charge in [-0.25, -0.2) is 5.32 Å². The first-order valence-corrected chi connectivity index (χ1v) is 7.10. The van der Waals surface area contributed by atoms with Crippen LogP contribution in [0.15, 0.2) is 55.0 Å². The Labute approximate surface area is 129 Å². The van der Waals surface area contributed by atoms with Crippen molar-refractivity contribution < 1.29 is 9.47 Å². The summed E-state index contributed by atoms with van der Waals surface area (Å²) in [5, 5.41) is 3.61. The molecule has 0 fully saturated rings. The maximum atomic E-state index is 6.45. The number of hydrogen-bond acceptors (Lipinski definition) is 3. The fourth-order valence-corrected chi connectivity index (χ4v) is 2.81. The highest BCUT2D eigenvalue weighted by Crippen LogP contribution is 2.36. The second kappa shape index (κ2) is 5.43. The molecule has 0 saturated heterocycles. The Morgan fingerprint density at radius 1 is 1.05 bits per heavy atom. The van der Waals surface area contributed by atoms with Crippen molar-refractivity contribution in [3.8, 4) is 11.1 Å². The summed E-state index contributed by atoms with van der Waals surface area (Å²) in [5.41, 5.74) is 4.18. The van der Waals surface area contributed by atoms with Crippen LogP contribution in [0.2, 0.25) is 5.02 Å². The summed E-state index contributed by atoms with van der Waals surface area (Å²) in [7, 11) is 1.76. The van der Waals surface area contributed by atoms with Gasteiger partial charge in [0, 0.05) is 0 Å². The van der Waals surface area contributed by atoms with Crippen LogP contribution >= 0.6 is 11.6 Å². The molecule has 0 radical (unpaired) electrons. The van der Waals surface area contributed by atoms with E-state index in [1.807, 2.05) is 30.3 Å². The third-order valence-corrected chi connectivity index (χ3v) is 3.95. The Balaban J connectivity index is 2.03. The van der Waals surface area contributed by atoms with Gasteiger partial charge in [-0.15, -0.1) is 0 Å². The largest absolute Gasteiger partial charge is 0.441 e. The standard InChI is InChI=1S/C17H16ClNO2/c1-12-5-3-4-6-14(12)13-7-8-15(16(18)11-13)17(19-2)20-9-10-21-17/h3-11,19H,1-2H3. The third kappa shape index (κ3) is 2.39. The SMILES string of the molecule is CNC1(c2ccc(-c3ccccc3C)cc2Cl)OC=CO1. The third-order valence-electron chi connectivity index (χ3n) is 3.63. The fraction of sp³-hybridized carbons (Fsp3) is 0.176. The van der Waals surface area contributed by atoms with Crippen LogP contribution in [-0.2, 0) is 15.4 Å². The highest BCUT2D eigenvalue weighted by Gasteiger charge is 2.38. The Kier molecular flexibility index (Phi) is 3.62. The summed E-state index contributed by atoms with van der Waals surface area (Å²) in [6.07, 6.45) is 3.00. The maximum absolute atomic E-state index is 6.45. The van der Waals surface area contributed by atoms with Crippen molar-refractivity contribution in [2.24, 2.45) is 0 Å². The Hall–Kier alpha value is -1.97. The van der Waals surface area contributed by atoms with Crippen molar-refractivity contribution in [1.29, 1.82) is 0 Å². The summed E-state index contributed by atoms with van der Waals surface area (Å²) in [6.45, 7) is 2.08. The predicted molar refractivity (Wildman–Crippen MR) is 83.7 cm³/mol. The van der Waals surface area contributed by atoms with Crippen molar-refractivity contribution in [2.45, 2.75) is 12.8 Å². The monoisotopic (exact) mass is 301 g/mol. The van der Waals surface area contributed by atoms with Crippen LogP contribution in [0.5, 0.6) is 0 Å². The molecule has 0 aliphatic carbocycles. The highest BCUT2D eigenvalue weighted by molar-refractivity contribution is 6.31. The molecule has 3 rings (SSSR count). The van der Waals surface area contributed by atoms with E-state index in [2.05, 4.69) is 24.4 Å². The summed E-state index contributed by atoms with van der Waals surface area (Å²) >= 11 is 6.45. The molecule has 21 heavy (non-hydrogen) atoms. The number of nitrogens with one attached hydrogen (secondary N) is 1. The van der Waals surface area contributed by atoms with E-state index in [0.717, 1.165) is 16.7 Å². The van der Waals surface area contributed by atoms with E-state index in [-0.39, 0.29) is 0 Å². The molecule has 0 saturated carbocycles. The second-order valence-corrected chi connectivity index (χ2v) is 5.29. The smallest absolute Gasteiger partial charge is 0.342 e. The maximum Gasteiger partial charge on any atom is 0.342 e. The van der Waals surface area contributed by atoms with Crippen LogP contribution in [0.3, 0.4) is 0 Å². The normalized spacial score (nSPS) is 15.6. The molecule has 1 aliphatic heterocycles. The molecule has 1 aliphatic rings. The van der Waals surface area contributed by atoms with Gasteiger partial charge in [-0.3, -0.25) is 0 Å². The molecular formula is C17H16ClNO2. The first-order chi connectivity index (χ1) is 10.2. The second-order valence-electron chi connectivity index (χ2n) is 4.88. The Morgan fingerprint density at radius 2 is 1.76 bits per heavy atom. The summed E-state index contributed by atoms with van der Waals surface area (Å²) in [5.74, 6) is -1.04. The molecule has 2 aromatic carbocycles. The van der Waals surface area contributed by atoms with E-state index in [4.69, 9.17) is 21.1 Å². The van der Waals surface area contributed by atoms with Crippen molar-refractivity contribution in [1.82, 2.24) is 5.32 Å². The van der Waals surface area contributed by atoms with Crippen LogP contribution in [0.25, 0.3) is 11.1 Å². The number of benzene rings is 2. The van der Waals surface area contributed by atoms with Gasteiger partial charge in [-0.2, -0.15) is 0 Å². The van der Waals surface area contributed by atoms with Crippen LogP contribution in [0.1, 0.15) is 11.1 Å². The molecule has 3 nitrogen and oxygen atoms in total. The van der Waals surface area contributed by atoms with Crippen molar-refractivity contribution >= 4 is 11.6 Å². The molecule has 108 valence electrons. The number of aryl methyl sites for hydroxylation is 1. The van der Waals surface area contributed by atoms with Crippen molar-refractivity contribution in [3.05, 3.63) is 71.1 Å². The van der Waals surface area contributed by atoms with Crippen LogP contribution in [0, 0.1) is 6.92 Å². The molecule has 0 unspecified atom stereocenters. The fourth-order valence-electron chi connectivity index (χ4n) is 2.50. The lowest BCUT2D eigenvalue weighted by atomic mass is 9.99. The molecule has 0 bridgehead atoms. The number of rotatable bonds is 3. The van der Waals surface area contributed by atoms with E-state index in [0.29, 0.717) is 5.02 Å². The average Bonchev–Trinajstić information content (AvgIpc) is 2.97. The van der Waals surface area contributed by atoms with E-state index < -0.39 is 5.91 Å². The average molecular weight is 302 g/mol. The van der Waals surface area contributed by atoms with Gasteiger partial charge in [0.05, 0.1) is 10.6 Å². The van der Waals surface area contributed by atoms with E-state index in [1.54, 1.807) is 7.05 Å². The lowest BCUT2D eigenvalue weighted by molar-refractivity contribution is -0.170. The Bertz CT molecular complexity index is 689. The zero-order chi connectivity index (χ0) is 14.9. The van der Waals surface area contributed by atoms with Crippen molar-refractivity contribution in [3.63, 3.8) is 0 Å². The summed E-state index contributed by atoms with van der Waals surface area (Å²) < 4.78 is 11.1. The zero-order valence-electron chi connectivity index (χ0n) is 11.9. The van der Waals surface area contributed by atoms with Gasteiger partial charge < -0.3 is 9.47 Å². The van der Waals surface area contributed by atoms with E-state index >= 15 is 0 Å². The van der Waals surface area contributed by atoms with Gasteiger partial charge in [0.1, 0.15) is 12.5 Å². The van der Waals surface area contributed by atoms with Crippen molar-refractivity contribution in [2.75, 3.05) is 7.05 Å². The molecule has 2 aromatic rings. The Morgan fingerprint density at radius 3 is 2.38 bits per heavy atom. The number of ether oxygens (including phenoxy) is 2. The van der Waals surface area contributed by atoms with Crippen LogP contribution in [0.4, 0.5) is 0 Å². The molecule has 4 heteroatoms. The minimum absolute atomic E-state index is 0.591. The quantitative estimate of drug-likeness (QED) is 0.923. The van der Waals surface area contributed by atoms with Gasteiger partial charge in [0.25, 0.3) is 0 Å². The molecule has 1 N–H and O–H groups in total. The van der Waals surface area contributed by atoms with Crippen LogP contribution < -0.4 is 5.32 Å². The molecular weight excluding hydrogens is 286 g/mol. The number of halogens is 1. The van der Waals surface area contributed by atoms with Gasteiger partial charge in [-0.05, 0) is 42.8 Å². The summed E-state index contributed by atoms with van der Waals surface area (Å²) in [6, 6.07) is 14.1. The lowest BCUT2D eigenvalue weighted by Gasteiger charge is -2.28. The first-order valence-electron chi connectivity index (χ1n) is 6.72. The van der Waals surface area contributed by atoms with Crippen LogP contribution in [-0.4, -0.2) is 7.05 Å². The molecule has 0 amide bonds. The lowest BCUT2D eigenvalue weighted by Crippen LogP contribution is -2.41. The molecule has 0 spiro atoms. The molecule has 1 heterocycles. The minimum Gasteiger partial charge on any atom is -0.441 e. The van der Waals surface area contributed by atoms with Gasteiger partial charge in [-0.1, -0.05) is 41.9 Å². The van der Waals surface area contributed by atoms with Gasteiger partial charge >= 0.3 is 5.91 Å². The molecule has 0 atom stereocenters. The zero-order valence-corrected chi connectivity index (χ0v) is 12.6.